The van der Waals surface area contributed by atoms with Crippen LogP contribution in [0.15, 0.2) is 237 Å². The fourth-order valence-electron chi connectivity index (χ4n) is 8.60. The van der Waals surface area contributed by atoms with Gasteiger partial charge in [-0.05, 0) is 85.6 Å². The number of fused-ring (bicyclic) bond motifs is 3. The summed E-state index contributed by atoms with van der Waals surface area (Å²) in [7, 11) is 0. The molecule has 0 aliphatic rings. The third kappa shape index (κ3) is 7.12. The Morgan fingerprint density at radius 3 is 1.26 bits per heavy atom. The summed E-state index contributed by atoms with van der Waals surface area (Å²) < 4.78 is 0. The number of hydrogen-bond donors (Lipinski definition) is 0. The topological polar surface area (TPSA) is 38.7 Å². The van der Waals surface area contributed by atoms with Gasteiger partial charge in [0.2, 0.25) is 0 Å². The third-order valence-corrected chi connectivity index (χ3v) is 11.7. The zero-order valence-corrected chi connectivity index (χ0v) is 33.9. The molecule has 0 atom stereocenters. The lowest BCUT2D eigenvalue weighted by atomic mass is 9.91. The normalized spacial score (nSPS) is 11.2. The highest BCUT2D eigenvalue weighted by molar-refractivity contribution is 6.17. The number of benzene rings is 9. The summed E-state index contributed by atoms with van der Waals surface area (Å²) in [6.07, 6.45) is 0. The summed E-state index contributed by atoms with van der Waals surface area (Å²) in [5.74, 6) is 0.677. The summed E-state index contributed by atoms with van der Waals surface area (Å²) >= 11 is 0. The summed E-state index contributed by atoms with van der Waals surface area (Å²) in [5.41, 5.74) is 17.0. The number of rotatable bonds is 8. The molecule has 3 heteroatoms. The molecule has 0 radical (unpaired) electrons. The first-order valence-electron chi connectivity index (χ1n) is 21.0. The Hall–Kier alpha value is -8.27. The second kappa shape index (κ2) is 16.1. The van der Waals surface area contributed by atoms with E-state index in [2.05, 4.69) is 218 Å². The van der Waals surface area contributed by atoms with Crippen molar-refractivity contribution < 1.29 is 0 Å². The molecule has 2 heterocycles. The zero-order chi connectivity index (χ0) is 41.2. The van der Waals surface area contributed by atoms with Crippen molar-refractivity contribution in [2.75, 3.05) is 0 Å². The Labute approximate surface area is 361 Å². The Kier molecular flexibility index (Phi) is 9.53. The van der Waals surface area contributed by atoms with Gasteiger partial charge in [0, 0.05) is 27.6 Å². The average Bonchev–Trinajstić information content (AvgIpc) is 3.37. The lowest BCUT2D eigenvalue weighted by Crippen LogP contribution is -1.96. The first kappa shape index (κ1) is 36.8. The standard InChI is InChI=1S/C59H39N3/c1-5-16-40(17-6-1)46-24-13-26-48(36-46)56-39-57(49-27-14-25-47(37-49)41-18-7-2-8-19-41)62-59(61-56)45-32-30-43(31-33-45)50-28-15-29-52-51(50)34-35-54-58(52)53(42-20-9-3-10-21-42)38-55(60-54)44-22-11-4-12-23-44/h1-39H. The van der Waals surface area contributed by atoms with Crippen LogP contribution < -0.4 is 0 Å². The smallest absolute Gasteiger partial charge is 0.160 e. The van der Waals surface area contributed by atoms with E-state index in [0.29, 0.717) is 5.82 Å². The fraction of sp³-hybridized carbons (Fsp3) is 0. The number of aromatic nitrogens is 3. The molecular formula is C59H39N3. The molecule has 0 bridgehead atoms. The van der Waals surface area contributed by atoms with Crippen LogP contribution >= 0.6 is 0 Å². The van der Waals surface area contributed by atoms with Crippen molar-refractivity contribution in [3.8, 4) is 89.7 Å². The van der Waals surface area contributed by atoms with Gasteiger partial charge in [-0.25, -0.2) is 15.0 Å². The molecule has 0 aliphatic heterocycles. The van der Waals surface area contributed by atoms with Crippen molar-refractivity contribution in [2.24, 2.45) is 0 Å². The largest absolute Gasteiger partial charge is 0.248 e. The molecule has 0 aliphatic carbocycles. The molecule has 11 rings (SSSR count). The third-order valence-electron chi connectivity index (χ3n) is 11.7. The van der Waals surface area contributed by atoms with Crippen LogP contribution in [0.4, 0.5) is 0 Å². The number of nitrogens with zero attached hydrogens (tertiary/aromatic N) is 3. The summed E-state index contributed by atoms with van der Waals surface area (Å²) in [5, 5.41) is 3.50. The van der Waals surface area contributed by atoms with Crippen molar-refractivity contribution in [3.05, 3.63) is 237 Å². The molecule has 0 N–H and O–H groups in total. The minimum Gasteiger partial charge on any atom is -0.248 e. The SMILES string of the molecule is c1ccc(-c2cccc(-c3cc(-c4cccc(-c5ccccc5)c4)nc(-c4ccc(-c5cccc6c5ccc5nc(-c7ccccc7)cc(-c7ccccc7)c56)cc4)n3)c2)cc1. The molecule has 11 aromatic rings. The highest BCUT2D eigenvalue weighted by Crippen LogP contribution is 2.40. The maximum Gasteiger partial charge on any atom is 0.160 e. The van der Waals surface area contributed by atoms with Gasteiger partial charge in [0.05, 0.1) is 22.6 Å². The molecular weight excluding hydrogens is 751 g/mol. The Balaban J connectivity index is 1.02. The number of hydrogen-bond acceptors (Lipinski definition) is 3. The van der Waals surface area contributed by atoms with Crippen LogP contribution in [0.5, 0.6) is 0 Å². The van der Waals surface area contributed by atoms with Crippen molar-refractivity contribution in [1.82, 2.24) is 15.0 Å². The second-order valence-electron chi connectivity index (χ2n) is 15.6. The Morgan fingerprint density at radius 1 is 0.226 bits per heavy atom. The summed E-state index contributed by atoms with van der Waals surface area (Å²) in [6, 6.07) is 83.4. The maximum atomic E-state index is 5.25. The van der Waals surface area contributed by atoms with Crippen LogP contribution in [0.2, 0.25) is 0 Å². The summed E-state index contributed by atoms with van der Waals surface area (Å²) in [6.45, 7) is 0. The van der Waals surface area contributed by atoms with E-state index in [-0.39, 0.29) is 0 Å². The van der Waals surface area contributed by atoms with Gasteiger partial charge < -0.3 is 0 Å². The molecule has 9 aromatic carbocycles. The van der Waals surface area contributed by atoms with Crippen LogP contribution in [0.3, 0.4) is 0 Å². The van der Waals surface area contributed by atoms with Gasteiger partial charge in [-0.2, -0.15) is 0 Å². The molecule has 0 saturated carbocycles. The molecule has 0 fully saturated rings. The van der Waals surface area contributed by atoms with Gasteiger partial charge >= 0.3 is 0 Å². The van der Waals surface area contributed by atoms with Crippen molar-refractivity contribution in [3.63, 3.8) is 0 Å². The lowest BCUT2D eigenvalue weighted by Gasteiger charge is -2.15. The first-order chi connectivity index (χ1) is 30.7. The van der Waals surface area contributed by atoms with E-state index in [4.69, 9.17) is 15.0 Å². The van der Waals surface area contributed by atoms with Crippen LogP contribution in [0, 0.1) is 0 Å². The van der Waals surface area contributed by atoms with E-state index in [1.165, 1.54) is 33.0 Å². The minimum atomic E-state index is 0.677. The minimum absolute atomic E-state index is 0.677. The summed E-state index contributed by atoms with van der Waals surface area (Å²) in [4.78, 5) is 15.7. The van der Waals surface area contributed by atoms with Gasteiger partial charge in [0.15, 0.2) is 5.82 Å². The highest BCUT2D eigenvalue weighted by Gasteiger charge is 2.16. The van der Waals surface area contributed by atoms with Crippen LogP contribution in [0.1, 0.15) is 0 Å². The van der Waals surface area contributed by atoms with E-state index in [1.807, 2.05) is 18.2 Å². The van der Waals surface area contributed by atoms with Gasteiger partial charge in [0.1, 0.15) is 0 Å². The molecule has 3 nitrogen and oxygen atoms in total. The van der Waals surface area contributed by atoms with Crippen LogP contribution in [-0.4, -0.2) is 15.0 Å². The van der Waals surface area contributed by atoms with E-state index >= 15 is 0 Å². The quantitative estimate of drug-likeness (QED) is 0.144. The molecule has 62 heavy (non-hydrogen) atoms. The fourth-order valence-corrected chi connectivity index (χ4v) is 8.60. The molecule has 0 spiro atoms. The molecule has 2 aromatic heterocycles. The van der Waals surface area contributed by atoms with Gasteiger partial charge in [-0.3, -0.25) is 0 Å². The lowest BCUT2D eigenvalue weighted by molar-refractivity contribution is 1.18. The van der Waals surface area contributed by atoms with Gasteiger partial charge in [0.25, 0.3) is 0 Å². The van der Waals surface area contributed by atoms with Gasteiger partial charge in [-0.15, -0.1) is 0 Å². The van der Waals surface area contributed by atoms with Crippen LogP contribution in [0.25, 0.3) is 111 Å². The second-order valence-corrected chi connectivity index (χ2v) is 15.6. The average molecular weight is 790 g/mol. The zero-order valence-electron chi connectivity index (χ0n) is 33.9. The van der Waals surface area contributed by atoms with E-state index in [1.54, 1.807) is 0 Å². The number of pyridine rings is 1. The molecule has 0 saturated heterocycles. The van der Waals surface area contributed by atoms with Crippen LogP contribution in [-0.2, 0) is 0 Å². The van der Waals surface area contributed by atoms with E-state index in [9.17, 15) is 0 Å². The van der Waals surface area contributed by atoms with Gasteiger partial charge in [-0.1, -0.05) is 206 Å². The maximum absolute atomic E-state index is 5.25. The van der Waals surface area contributed by atoms with E-state index in [0.717, 1.165) is 72.5 Å². The Morgan fingerprint density at radius 2 is 0.677 bits per heavy atom. The predicted molar refractivity (Wildman–Crippen MR) is 258 cm³/mol. The predicted octanol–water partition coefficient (Wildman–Crippen LogP) is 15.5. The molecule has 290 valence electrons. The van der Waals surface area contributed by atoms with Crippen molar-refractivity contribution in [1.29, 1.82) is 0 Å². The molecule has 0 unspecified atom stereocenters. The highest BCUT2D eigenvalue weighted by atomic mass is 14.9. The monoisotopic (exact) mass is 789 g/mol. The van der Waals surface area contributed by atoms with Crippen molar-refractivity contribution in [2.45, 2.75) is 0 Å². The Bertz CT molecular complexity index is 3260. The first-order valence-corrected chi connectivity index (χ1v) is 21.0. The van der Waals surface area contributed by atoms with E-state index < -0.39 is 0 Å². The molecule has 0 amide bonds. The van der Waals surface area contributed by atoms with Crippen molar-refractivity contribution >= 4 is 21.7 Å².